The van der Waals surface area contributed by atoms with E-state index in [2.05, 4.69) is 0 Å². The molecule has 0 aliphatic carbocycles. The van der Waals surface area contributed by atoms with E-state index in [0.29, 0.717) is 17.5 Å². The number of hydrogen-bond donors (Lipinski definition) is 1. The van der Waals surface area contributed by atoms with Crippen molar-refractivity contribution in [2.24, 2.45) is 5.73 Å². The number of hydrogen-bond acceptors (Lipinski definition) is 1. The van der Waals surface area contributed by atoms with E-state index in [0.717, 1.165) is 17.7 Å². The van der Waals surface area contributed by atoms with E-state index in [1.807, 2.05) is 6.92 Å². The summed E-state index contributed by atoms with van der Waals surface area (Å²) >= 11 is 0. The summed E-state index contributed by atoms with van der Waals surface area (Å²) in [7, 11) is 0. The molecule has 19 heavy (non-hydrogen) atoms. The van der Waals surface area contributed by atoms with Gasteiger partial charge in [-0.25, -0.2) is 13.2 Å². The van der Waals surface area contributed by atoms with Gasteiger partial charge < -0.3 is 5.73 Å². The average Bonchev–Trinajstić information content (AvgIpc) is 2.36. The Kier molecular flexibility index (Phi) is 3.90. The van der Waals surface area contributed by atoms with E-state index >= 15 is 0 Å². The highest BCUT2D eigenvalue weighted by Gasteiger charge is 2.12. The molecule has 1 atom stereocenters. The molecule has 0 radical (unpaired) electrons. The summed E-state index contributed by atoms with van der Waals surface area (Å²) < 4.78 is 39.1. The van der Waals surface area contributed by atoms with Gasteiger partial charge in [-0.3, -0.25) is 0 Å². The first-order valence-electron chi connectivity index (χ1n) is 5.93. The molecular formula is C15H14F3N. The molecule has 0 aliphatic rings. The number of rotatable bonds is 3. The molecule has 0 aliphatic heterocycles. The summed E-state index contributed by atoms with van der Waals surface area (Å²) in [6, 6.07) is 7.59. The van der Waals surface area contributed by atoms with Gasteiger partial charge in [-0.2, -0.15) is 0 Å². The molecule has 0 amide bonds. The standard InChI is InChI=1S/C15H14F3N/c1-9-2-4-11(16)8-12(9)15(19)7-10-3-5-13(17)14(18)6-10/h2-6,8,15H,7,19H2,1H3. The average molecular weight is 265 g/mol. The molecule has 0 saturated heterocycles. The van der Waals surface area contributed by atoms with Gasteiger partial charge in [0.15, 0.2) is 11.6 Å². The third-order valence-corrected chi connectivity index (χ3v) is 3.08. The zero-order chi connectivity index (χ0) is 14.0. The fraction of sp³-hybridized carbons (Fsp3) is 0.200. The Bertz CT molecular complexity index is 596. The van der Waals surface area contributed by atoms with Crippen LogP contribution in [0.5, 0.6) is 0 Å². The number of halogens is 3. The van der Waals surface area contributed by atoms with Gasteiger partial charge in [-0.1, -0.05) is 12.1 Å². The molecule has 4 heteroatoms. The van der Waals surface area contributed by atoms with E-state index in [4.69, 9.17) is 5.73 Å². The number of benzene rings is 2. The minimum absolute atomic E-state index is 0.321. The monoisotopic (exact) mass is 265 g/mol. The lowest BCUT2D eigenvalue weighted by Crippen LogP contribution is -2.15. The topological polar surface area (TPSA) is 26.0 Å². The molecule has 100 valence electrons. The van der Waals surface area contributed by atoms with Crippen LogP contribution in [0.3, 0.4) is 0 Å². The van der Waals surface area contributed by atoms with Crippen molar-refractivity contribution in [3.05, 3.63) is 70.5 Å². The van der Waals surface area contributed by atoms with Crippen LogP contribution in [-0.4, -0.2) is 0 Å². The van der Waals surface area contributed by atoms with Crippen molar-refractivity contribution in [1.29, 1.82) is 0 Å². The second-order valence-electron chi connectivity index (χ2n) is 4.56. The fourth-order valence-corrected chi connectivity index (χ4v) is 2.04. The van der Waals surface area contributed by atoms with E-state index in [1.54, 1.807) is 6.07 Å². The van der Waals surface area contributed by atoms with E-state index in [-0.39, 0.29) is 5.82 Å². The Labute approximate surface area is 109 Å². The Balaban J connectivity index is 2.22. The Morgan fingerprint density at radius 3 is 2.42 bits per heavy atom. The summed E-state index contributed by atoms with van der Waals surface area (Å²) in [5.41, 5.74) is 8.12. The maximum absolute atomic E-state index is 13.2. The van der Waals surface area contributed by atoms with Gasteiger partial charge in [-0.15, -0.1) is 0 Å². The summed E-state index contributed by atoms with van der Waals surface area (Å²) in [6.07, 6.45) is 0.321. The normalized spacial score (nSPS) is 12.5. The maximum Gasteiger partial charge on any atom is 0.159 e. The van der Waals surface area contributed by atoms with Crippen LogP contribution >= 0.6 is 0 Å². The molecule has 1 nitrogen and oxygen atoms in total. The maximum atomic E-state index is 13.2. The van der Waals surface area contributed by atoms with E-state index in [9.17, 15) is 13.2 Å². The van der Waals surface area contributed by atoms with Gasteiger partial charge >= 0.3 is 0 Å². The number of aryl methyl sites for hydroxylation is 1. The molecule has 0 saturated carbocycles. The van der Waals surface area contributed by atoms with Crippen molar-refractivity contribution in [3.8, 4) is 0 Å². The van der Waals surface area contributed by atoms with Gasteiger partial charge in [0.1, 0.15) is 5.82 Å². The van der Waals surface area contributed by atoms with Crippen molar-refractivity contribution in [1.82, 2.24) is 0 Å². The Hall–Kier alpha value is -1.81. The summed E-state index contributed by atoms with van der Waals surface area (Å²) in [4.78, 5) is 0. The SMILES string of the molecule is Cc1ccc(F)cc1C(N)Cc1ccc(F)c(F)c1. The minimum atomic E-state index is -0.902. The van der Waals surface area contributed by atoms with Crippen molar-refractivity contribution in [2.75, 3.05) is 0 Å². The third-order valence-electron chi connectivity index (χ3n) is 3.08. The molecule has 2 rings (SSSR count). The molecule has 0 aromatic heterocycles. The first-order valence-corrected chi connectivity index (χ1v) is 5.93. The Morgan fingerprint density at radius 2 is 1.74 bits per heavy atom. The van der Waals surface area contributed by atoms with Crippen LogP contribution in [0.15, 0.2) is 36.4 Å². The van der Waals surface area contributed by atoms with Crippen LogP contribution < -0.4 is 5.73 Å². The van der Waals surface area contributed by atoms with E-state index in [1.165, 1.54) is 18.2 Å². The van der Waals surface area contributed by atoms with Crippen LogP contribution in [-0.2, 0) is 6.42 Å². The van der Waals surface area contributed by atoms with Gasteiger partial charge in [0, 0.05) is 6.04 Å². The number of nitrogens with two attached hydrogens (primary N) is 1. The predicted molar refractivity (Wildman–Crippen MR) is 68.1 cm³/mol. The largest absolute Gasteiger partial charge is 0.324 e. The smallest absolute Gasteiger partial charge is 0.159 e. The molecule has 2 N–H and O–H groups in total. The van der Waals surface area contributed by atoms with Crippen LogP contribution in [0.25, 0.3) is 0 Å². The molecule has 2 aromatic carbocycles. The van der Waals surface area contributed by atoms with Crippen molar-refractivity contribution >= 4 is 0 Å². The summed E-state index contributed by atoms with van der Waals surface area (Å²) in [5, 5.41) is 0. The first kappa shape index (κ1) is 13.6. The molecule has 0 fully saturated rings. The zero-order valence-corrected chi connectivity index (χ0v) is 10.5. The lowest BCUT2D eigenvalue weighted by Gasteiger charge is -2.15. The summed E-state index contributed by atoms with van der Waals surface area (Å²) in [5.74, 6) is -2.15. The first-order chi connectivity index (χ1) is 8.97. The van der Waals surface area contributed by atoms with Crippen LogP contribution in [0.1, 0.15) is 22.7 Å². The van der Waals surface area contributed by atoms with Crippen LogP contribution in [0.4, 0.5) is 13.2 Å². The molecule has 2 aromatic rings. The second-order valence-corrected chi connectivity index (χ2v) is 4.56. The van der Waals surface area contributed by atoms with Gasteiger partial charge in [0.2, 0.25) is 0 Å². The molecule has 0 heterocycles. The molecule has 0 bridgehead atoms. The highest BCUT2D eigenvalue weighted by Crippen LogP contribution is 2.21. The van der Waals surface area contributed by atoms with Crippen LogP contribution in [0, 0.1) is 24.4 Å². The van der Waals surface area contributed by atoms with Gasteiger partial charge in [-0.05, 0) is 54.3 Å². The lowest BCUT2D eigenvalue weighted by molar-refractivity contribution is 0.506. The molecular weight excluding hydrogens is 251 g/mol. The lowest BCUT2D eigenvalue weighted by atomic mass is 9.96. The van der Waals surface area contributed by atoms with Gasteiger partial charge in [0.05, 0.1) is 0 Å². The fourth-order valence-electron chi connectivity index (χ4n) is 2.04. The summed E-state index contributed by atoms with van der Waals surface area (Å²) in [6.45, 7) is 1.83. The Morgan fingerprint density at radius 1 is 1.00 bits per heavy atom. The van der Waals surface area contributed by atoms with E-state index < -0.39 is 17.7 Å². The third kappa shape index (κ3) is 3.15. The van der Waals surface area contributed by atoms with Gasteiger partial charge in [0.25, 0.3) is 0 Å². The highest BCUT2D eigenvalue weighted by molar-refractivity contribution is 5.31. The molecule has 1 unspecified atom stereocenters. The minimum Gasteiger partial charge on any atom is -0.324 e. The zero-order valence-electron chi connectivity index (χ0n) is 10.5. The van der Waals surface area contributed by atoms with Crippen LogP contribution in [0.2, 0.25) is 0 Å². The predicted octanol–water partition coefficient (Wildman–Crippen LogP) is 3.65. The van der Waals surface area contributed by atoms with Crippen molar-refractivity contribution in [2.45, 2.75) is 19.4 Å². The van der Waals surface area contributed by atoms with Crippen molar-refractivity contribution in [3.63, 3.8) is 0 Å². The second kappa shape index (κ2) is 5.45. The molecule has 0 spiro atoms. The highest BCUT2D eigenvalue weighted by atomic mass is 19.2. The van der Waals surface area contributed by atoms with Crippen molar-refractivity contribution < 1.29 is 13.2 Å². The quantitative estimate of drug-likeness (QED) is 0.900.